The number of ether oxygens (including phenoxy) is 2. The third kappa shape index (κ3) is 5.52. The van der Waals surface area contributed by atoms with Gasteiger partial charge >= 0.3 is 0 Å². The predicted octanol–water partition coefficient (Wildman–Crippen LogP) is 4.60. The molecule has 1 saturated heterocycles. The fraction of sp³-hybridized carbons (Fsp3) is 0.810. The van der Waals surface area contributed by atoms with Crippen LogP contribution in [0.3, 0.4) is 0 Å². The van der Waals surface area contributed by atoms with Gasteiger partial charge in [0, 0.05) is 6.42 Å². The summed E-state index contributed by atoms with van der Waals surface area (Å²) in [6, 6.07) is 3.50. The van der Waals surface area contributed by atoms with Crippen LogP contribution in [0, 0.1) is 0 Å². The molecule has 0 bridgehead atoms. The molecule has 4 nitrogen and oxygen atoms in total. The molecule has 0 aromatic heterocycles. The van der Waals surface area contributed by atoms with Crippen molar-refractivity contribution >= 4 is 8.32 Å². The summed E-state index contributed by atoms with van der Waals surface area (Å²) in [6.45, 7) is 9.10. The van der Waals surface area contributed by atoms with E-state index in [2.05, 4.69) is 39.8 Å². The molecule has 2 rings (SSSR count). The number of rotatable bonds is 8. The normalized spacial score (nSPS) is 34.3. The second-order valence-electron chi connectivity index (χ2n) is 7.52. The van der Waals surface area contributed by atoms with Gasteiger partial charge < -0.3 is 19.0 Å². The SMILES string of the molecule is CC[C@H]1O[C@H]2C[C@H](/C=C/CO)O[C@H]2C/C=C\C[C@H]1O[Si](CC)(CC)CC. The first-order chi connectivity index (χ1) is 12.6. The topological polar surface area (TPSA) is 47.9 Å². The van der Waals surface area contributed by atoms with Crippen LogP contribution in [0.5, 0.6) is 0 Å². The van der Waals surface area contributed by atoms with Gasteiger partial charge in [0.2, 0.25) is 0 Å². The van der Waals surface area contributed by atoms with Crippen molar-refractivity contribution in [3.05, 3.63) is 24.3 Å². The molecule has 0 unspecified atom stereocenters. The maximum atomic E-state index is 9.01. The molecule has 1 fully saturated rings. The number of hydrogen-bond acceptors (Lipinski definition) is 4. The van der Waals surface area contributed by atoms with E-state index in [0.717, 1.165) is 25.7 Å². The van der Waals surface area contributed by atoms with Crippen molar-refractivity contribution in [2.24, 2.45) is 0 Å². The average Bonchev–Trinajstić information content (AvgIpc) is 3.08. The second kappa shape index (κ2) is 10.8. The van der Waals surface area contributed by atoms with E-state index < -0.39 is 8.32 Å². The molecule has 0 aromatic carbocycles. The Kier molecular flexibility index (Phi) is 9.04. The van der Waals surface area contributed by atoms with Crippen molar-refractivity contribution in [1.29, 1.82) is 0 Å². The molecular weight excluding hydrogens is 344 g/mol. The van der Waals surface area contributed by atoms with Gasteiger partial charge in [0.25, 0.3) is 0 Å². The van der Waals surface area contributed by atoms with Crippen molar-refractivity contribution in [3.8, 4) is 0 Å². The smallest absolute Gasteiger partial charge is 0.192 e. The minimum absolute atomic E-state index is 0.0391. The highest BCUT2D eigenvalue weighted by atomic mass is 28.4. The van der Waals surface area contributed by atoms with Gasteiger partial charge in [-0.3, -0.25) is 0 Å². The van der Waals surface area contributed by atoms with Crippen LogP contribution in [0.15, 0.2) is 24.3 Å². The van der Waals surface area contributed by atoms with E-state index >= 15 is 0 Å². The largest absolute Gasteiger partial charge is 0.411 e. The Balaban J connectivity index is 2.12. The summed E-state index contributed by atoms with van der Waals surface area (Å²) in [5, 5.41) is 9.01. The van der Waals surface area contributed by atoms with Crippen LogP contribution in [0.2, 0.25) is 18.1 Å². The highest BCUT2D eigenvalue weighted by molar-refractivity contribution is 6.73. The van der Waals surface area contributed by atoms with Crippen LogP contribution in [0.25, 0.3) is 0 Å². The zero-order valence-electron chi connectivity index (χ0n) is 17.0. The molecule has 1 N–H and O–H groups in total. The monoisotopic (exact) mass is 382 g/mol. The zero-order chi connectivity index (χ0) is 19.0. The molecule has 2 heterocycles. The molecule has 0 amide bonds. The lowest BCUT2D eigenvalue weighted by Gasteiger charge is -2.37. The van der Waals surface area contributed by atoms with Gasteiger partial charge in [-0.2, -0.15) is 0 Å². The first-order valence-electron chi connectivity index (χ1n) is 10.5. The van der Waals surface area contributed by atoms with Crippen molar-refractivity contribution in [1.82, 2.24) is 0 Å². The summed E-state index contributed by atoms with van der Waals surface area (Å²) in [7, 11) is -1.67. The van der Waals surface area contributed by atoms with E-state index in [9.17, 15) is 0 Å². The summed E-state index contributed by atoms with van der Waals surface area (Å²) in [4.78, 5) is 0. The number of aliphatic hydroxyl groups is 1. The number of fused-ring (bicyclic) bond motifs is 1. The first kappa shape index (κ1) is 21.8. The Morgan fingerprint density at radius 3 is 2.35 bits per heavy atom. The lowest BCUT2D eigenvalue weighted by molar-refractivity contribution is -0.0921. The van der Waals surface area contributed by atoms with E-state index in [-0.39, 0.29) is 37.1 Å². The lowest BCUT2D eigenvalue weighted by atomic mass is 10.1. The van der Waals surface area contributed by atoms with Gasteiger partial charge in [0.15, 0.2) is 8.32 Å². The summed E-state index contributed by atoms with van der Waals surface area (Å²) < 4.78 is 19.6. The highest BCUT2D eigenvalue weighted by Crippen LogP contribution is 2.33. The third-order valence-corrected chi connectivity index (χ3v) is 10.8. The Bertz CT molecular complexity index is 453. The van der Waals surface area contributed by atoms with E-state index in [1.807, 2.05) is 6.08 Å². The predicted molar refractivity (Wildman–Crippen MR) is 109 cm³/mol. The molecule has 0 radical (unpaired) electrons. The van der Waals surface area contributed by atoms with Crippen molar-refractivity contribution < 1.29 is 19.0 Å². The van der Waals surface area contributed by atoms with Gasteiger partial charge in [-0.1, -0.05) is 52.0 Å². The van der Waals surface area contributed by atoms with Crippen molar-refractivity contribution in [2.75, 3.05) is 6.61 Å². The second-order valence-corrected chi connectivity index (χ2v) is 12.2. The van der Waals surface area contributed by atoms with E-state index in [1.54, 1.807) is 6.08 Å². The fourth-order valence-corrected chi connectivity index (χ4v) is 7.05. The molecule has 2 aliphatic rings. The quantitative estimate of drug-likeness (QED) is 0.492. The maximum absolute atomic E-state index is 9.01. The standard InChI is InChI=1S/C21H38O4Si/c1-5-18-20(25-26(6-2,7-3)8-4)14-10-9-13-19-21(24-18)16-17(23-19)12-11-15-22/h9-12,17-22H,5-8,13-16H2,1-4H3/b10-9-,12-11+/t17-,18+,19-,20+,21-/m0/s1. The van der Waals surface area contributed by atoms with Crippen LogP contribution >= 0.6 is 0 Å². The molecule has 2 aliphatic heterocycles. The van der Waals surface area contributed by atoms with Gasteiger partial charge in [0.1, 0.15) is 0 Å². The van der Waals surface area contributed by atoms with E-state index in [0.29, 0.717) is 0 Å². The van der Waals surface area contributed by atoms with Gasteiger partial charge in [0.05, 0.1) is 37.1 Å². The maximum Gasteiger partial charge on any atom is 0.192 e. The van der Waals surface area contributed by atoms with E-state index in [1.165, 1.54) is 18.1 Å². The van der Waals surface area contributed by atoms with Crippen molar-refractivity contribution in [3.63, 3.8) is 0 Å². The molecule has 0 saturated carbocycles. The Morgan fingerprint density at radius 1 is 1.04 bits per heavy atom. The van der Waals surface area contributed by atoms with Crippen LogP contribution in [-0.4, -0.2) is 50.6 Å². The van der Waals surface area contributed by atoms with Crippen LogP contribution < -0.4 is 0 Å². The number of aliphatic hydroxyl groups excluding tert-OH is 1. The lowest BCUT2D eigenvalue weighted by Crippen LogP contribution is -2.45. The Hall–Kier alpha value is -0.463. The molecule has 150 valence electrons. The summed E-state index contributed by atoms with van der Waals surface area (Å²) in [5.74, 6) is 0. The summed E-state index contributed by atoms with van der Waals surface area (Å²) >= 11 is 0. The molecule has 5 heteroatoms. The zero-order valence-corrected chi connectivity index (χ0v) is 18.0. The molecule has 0 aromatic rings. The Morgan fingerprint density at radius 2 is 1.73 bits per heavy atom. The van der Waals surface area contributed by atoms with Crippen LogP contribution in [0.1, 0.15) is 53.4 Å². The van der Waals surface area contributed by atoms with Crippen molar-refractivity contribution in [2.45, 2.75) is 102 Å². The first-order valence-corrected chi connectivity index (χ1v) is 13.1. The van der Waals surface area contributed by atoms with Gasteiger partial charge in [-0.05, 0) is 37.4 Å². The molecule has 5 atom stereocenters. The molecule has 0 spiro atoms. The fourth-order valence-electron chi connectivity index (χ4n) is 4.16. The highest BCUT2D eigenvalue weighted by Gasteiger charge is 2.40. The molecular formula is C21H38O4Si. The molecule has 0 aliphatic carbocycles. The van der Waals surface area contributed by atoms with Gasteiger partial charge in [-0.15, -0.1) is 0 Å². The average molecular weight is 383 g/mol. The van der Waals surface area contributed by atoms with Crippen LogP contribution in [-0.2, 0) is 13.9 Å². The number of hydrogen-bond donors (Lipinski definition) is 1. The molecule has 26 heavy (non-hydrogen) atoms. The van der Waals surface area contributed by atoms with Crippen LogP contribution in [0.4, 0.5) is 0 Å². The third-order valence-electron chi connectivity index (χ3n) is 6.09. The summed E-state index contributed by atoms with van der Waals surface area (Å²) in [6.07, 6.45) is 12.4. The minimum Gasteiger partial charge on any atom is -0.411 e. The summed E-state index contributed by atoms with van der Waals surface area (Å²) in [5.41, 5.74) is 0. The van der Waals surface area contributed by atoms with Gasteiger partial charge in [-0.25, -0.2) is 0 Å². The minimum atomic E-state index is -1.67. The Labute approximate surface area is 160 Å². The van der Waals surface area contributed by atoms with E-state index in [4.69, 9.17) is 19.0 Å².